The fraction of sp³-hybridized carbons (Fsp3) is 0.818. The Hall–Kier alpha value is -0.260. The molecule has 2 aliphatic carbocycles. The van der Waals surface area contributed by atoms with Gasteiger partial charge in [0.2, 0.25) is 0 Å². The summed E-state index contributed by atoms with van der Waals surface area (Å²) in [4.78, 5) is 0. The molecule has 0 bridgehead atoms. The Morgan fingerprint density at radius 3 is 2.36 bits per heavy atom. The Kier molecular flexibility index (Phi) is 2.02. The van der Waals surface area contributed by atoms with Crippen molar-refractivity contribution in [2.45, 2.75) is 51.4 Å². The first kappa shape index (κ1) is 7.39. The molecule has 0 aromatic carbocycles. The van der Waals surface area contributed by atoms with E-state index in [9.17, 15) is 0 Å². The van der Waals surface area contributed by atoms with Crippen molar-refractivity contribution in [2.24, 2.45) is 5.41 Å². The van der Waals surface area contributed by atoms with Crippen LogP contribution in [0.2, 0.25) is 0 Å². The van der Waals surface area contributed by atoms with Gasteiger partial charge in [0.25, 0.3) is 0 Å². The lowest BCUT2D eigenvalue weighted by atomic mass is 9.63. The second kappa shape index (κ2) is 3.00. The largest absolute Gasteiger partial charge is 0.0885 e. The van der Waals surface area contributed by atoms with Crippen LogP contribution < -0.4 is 0 Å². The van der Waals surface area contributed by atoms with Crippen LogP contribution in [0.5, 0.6) is 0 Å². The number of allylic oxidation sites excluding steroid dienone is 2. The Morgan fingerprint density at radius 1 is 0.818 bits per heavy atom. The lowest BCUT2D eigenvalue weighted by Crippen LogP contribution is -2.28. The summed E-state index contributed by atoms with van der Waals surface area (Å²) < 4.78 is 0. The summed E-state index contributed by atoms with van der Waals surface area (Å²) in [6.45, 7) is 0. The Morgan fingerprint density at radius 2 is 1.64 bits per heavy atom. The van der Waals surface area contributed by atoms with Gasteiger partial charge in [0.05, 0.1) is 0 Å². The number of hydrogen-bond acceptors (Lipinski definition) is 0. The molecule has 2 rings (SSSR count). The zero-order chi connectivity index (χ0) is 7.57. The van der Waals surface area contributed by atoms with Crippen LogP contribution >= 0.6 is 0 Å². The summed E-state index contributed by atoms with van der Waals surface area (Å²) >= 11 is 0. The van der Waals surface area contributed by atoms with Gasteiger partial charge in [-0.25, -0.2) is 0 Å². The van der Waals surface area contributed by atoms with Crippen LogP contribution in [0.15, 0.2) is 12.2 Å². The maximum atomic E-state index is 2.43. The number of rotatable bonds is 0. The summed E-state index contributed by atoms with van der Waals surface area (Å²) in [6.07, 6.45) is 16.5. The Labute approximate surface area is 69.7 Å². The van der Waals surface area contributed by atoms with Crippen molar-refractivity contribution >= 4 is 0 Å². The normalized spacial score (nSPS) is 32.0. The average Bonchev–Trinajstić information content (AvgIpc) is 1.82. The highest BCUT2D eigenvalue weighted by molar-refractivity contribution is 4.97. The molecule has 0 N–H and O–H groups in total. The fourth-order valence-electron chi connectivity index (χ4n) is 2.45. The van der Waals surface area contributed by atoms with Crippen LogP contribution in [0, 0.1) is 5.41 Å². The molecular formula is C11H18. The molecule has 0 saturated heterocycles. The van der Waals surface area contributed by atoms with E-state index in [2.05, 4.69) is 12.2 Å². The highest BCUT2D eigenvalue weighted by Gasteiger charge is 2.34. The van der Waals surface area contributed by atoms with E-state index in [0.29, 0.717) is 0 Å². The summed E-state index contributed by atoms with van der Waals surface area (Å²) in [5.74, 6) is 0. The topological polar surface area (TPSA) is 0 Å². The smallest absolute Gasteiger partial charge is 0.0263 e. The maximum absolute atomic E-state index is 2.43. The van der Waals surface area contributed by atoms with E-state index < -0.39 is 0 Å². The second-order valence-electron chi connectivity index (χ2n) is 4.27. The zero-order valence-electron chi connectivity index (χ0n) is 7.31. The molecule has 0 radical (unpaired) electrons. The van der Waals surface area contributed by atoms with E-state index >= 15 is 0 Å². The molecule has 0 heteroatoms. The van der Waals surface area contributed by atoms with Crippen LogP contribution in [0.4, 0.5) is 0 Å². The maximum Gasteiger partial charge on any atom is -0.0263 e. The van der Waals surface area contributed by atoms with Gasteiger partial charge in [-0.15, -0.1) is 0 Å². The van der Waals surface area contributed by atoms with E-state index in [4.69, 9.17) is 0 Å². The molecule has 0 nitrogen and oxygen atoms in total. The van der Waals surface area contributed by atoms with Crippen LogP contribution in [-0.2, 0) is 0 Å². The molecule has 11 heavy (non-hydrogen) atoms. The van der Waals surface area contributed by atoms with Crippen molar-refractivity contribution in [3.8, 4) is 0 Å². The number of hydrogen-bond donors (Lipinski definition) is 0. The van der Waals surface area contributed by atoms with Crippen molar-refractivity contribution < 1.29 is 0 Å². The zero-order valence-corrected chi connectivity index (χ0v) is 7.31. The molecule has 1 spiro atoms. The van der Waals surface area contributed by atoms with Gasteiger partial charge in [-0.3, -0.25) is 0 Å². The van der Waals surface area contributed by atoms with Gasteiger partial charge >= 0.3 is 0 Å². The minimum atomic E-state index is 0.789. The van der Waals surface area contributed by atoms with Crippen molar-refractivity contribution in [1.29, 1.82) is 0 Å². The molecule has 0 aromatic rings. The first-order valence-electron chi connectivity index (χ1n) is 5.06. The first-order valence-corrected chi connectivity index (χ1v) is 5.06. The van der Waals surface area contributed by atoms with Crippen molar-refractivity contribution in [2.75, 3.05) is 0 Å². The van der Waals surface area contributed by atoms with Gasteiger partial charge in [0, 0.05) is 0 Å². The molecule has 0 unspecified atom stereocenters. The van der Waals surface area contributed by atoms with E-state index in [1.165, 1.54) is 51.4 Å². The van der Waals surface area contributed by atoms with Gasteiger partial charge in [0.15, 0.2) is 0 Å². The molecule has 1 fully saturated rings. The molecular weight excluding hydrogens is 132 g/mol. The Balaban J connectivity index is 1.97. The minimum absolute atomic E-state index is 0.789. The van der Waals surface area contributed by atoms with Crippen LogP contribution in [-0.4, -0.2) is 0 Å². The first-order chi connectivity index (χ1) is 5.41. The molecule has 0 aromatic heterocycles. The summed E-state index contributed by atoms with van der Waals surface area (Å²) in [5.41, 5.74) is 0.789. The van der Waals surface area contributed by atoms with E-state index in [0.717, 1.165) is 5.41 Å². The predicted molar refractivity (Wildman–Crippen MR) is 48.5 cm³/mol. The van der Waals surface area contributed by atoms with Crippen molar-refractivity contribution in [3.05, 3.63) is 12.2 Å². The lowest BCUT2D eigenvalue weighted by molar-refractivity contribution is 0.117. The Bertz CT molecular complexity index is 151. The third-order valence-corrected chi connectivity index (χ3v) is 3.46. The van der Waals surface area contributed by atoms with Gasteiger partial charge in [0.1, 0.15) is 0 Å². The predicted octanol–water partition coefficient (Wildman–Crippen LogP) is 3.68. The van der Waals surface area contributed by atoms with Crippen LogP contribution in [0.3, 0.4) is 0 Å². The molecule has 0 aliphatic heterocycles. The van der Waals surface area contributed by atoms with Crippen molar-refractivity contribution in [3.63, 3.8) is 0 Å². The van der Waals surface area contributed by atoms with E-state index in [1.807, 2.05) is 0 Å². The van der Waals surface area contributed by atoms with Crippen LogP contribution in [0.1, 0.15) is 51.4 Å². The van der Waals surface area contributed by atoms with Gasteiger partial charge in [-0.2, -0.15) is 0 Å². The summed E-state index contributed by atoms with van der Waals surface area (Å²) in [7, 11) is 0. The highest BCUT2D eigenvalue weighted by Crippen LogP contribution is 2.48. The SMILES string of the molecule is C1=C\CC2(CCCC/1)CCC2. The molecule has 0 atom stereocenters. The summed E-state index contributed by atoms with van der Waals surface area (Å²) in [5, 5.41) is 0. The molecule has 0 amide bonds. The second-order valence-corrected chi connectivity index (χ2v) is 4.27. The molecule has 62 valence electrons. The lowest BCUT2D eigenvalue weighted by Gasteiger charge is -2.42. The summed E-state index contributed by atoms with van der Waals surface area (Å²) in [6, 6.07) is 0. The van der Waals surface area contributed by atoms with E-state index in [-0.39, 0.29) is 0 Å². The standard InChI is InChI=1S/C11H18/c1-2-4-7-11(8-5-3-1)9-6-10-11/h2,4H,1,3,5-10H2/b4-2-. The van der Waals surface area contributed by atoms with Gasteiger partial charge in [-0.05, 0) is 43.9 Å². The highest BCUT2D eigenvalue weighted by atomic mass is 14.4. The minimum Gasteiger partial charge on any atom is -0.0885 e. The van der Waals surface area contributed by atoms with Gasteiger partial charge < -0.3 is 0 Å². The monoisotopic (exact) mass is 150 g/mol. The average molecular weight is 150 g/mol. The molecule has 2 aliphatic rings. The van der Waals surface area contributed by atoms with Crippen LogP contribution in [0.25, 0.3) is 0 Å². The quantitative estimate of drug-likeness (QED) is 0.462. The third kappa shape index (κ3) is 1.50. The third-order valence-electron chi connectivity index (χ3n) is 3.46. The van der Waals surface area contributed by atoms with Crippen molar-refractivity contribution in [1.82, 2.24) is 0 Å². The van der Waals surface area contributed by atoms with Gasteiger partial charge in [-0.1, -0.05) is 25.0 Å². The molecule has 0 heterocycles. The fourth-order valence-corrected chi connectivity index (χ4v) is 2.45. The molecule has 1 saturated carbocycles. The van der Waals surface area contributed by atoms with E-state index in [1.54, 1.807) is 0 Å².